The summed E-state index contributed by atoms with van der Waals surface area (Å²) in [6, 6.07) is 11.4. The van der Waals surface area contributed by atoms with Crippen LogP contribution in [0.3, 0.4) is 0 Å². The summed E-state index contributed by atoms with van der Waals surface area (Å²) in [5, 5.41) is 8.10. The highest BCUT2D eigenvalue weighted by atomic mass is 35.5. The second-order valence-corrected chi connectivity index (χ2v) is 6.97. The molecule has 26 heavy (non-hydrogen) atoms. The van der Waals surface area contributed by atoms with Gasteiger partial charge in [-0.2, -0.15) is 9.61 Å². The number of carbonyl (C=O) groups is 1. The summed E-state index contributed by atoms with van der Waals surface area (Å²) in [5.74, 6) is 1.04. The second kappa shape index (κ2) is 7.33. The van der Waals surface area contributed by atoms with Gasteiger partial charge in [0.2, 0.25) is 5.91 Å². The summed E-state index contributed by atoms with van der Waals surface area (Å²) in [6.45, 7) is 2.12. The summed E-state index contributed by atoms with van der Waals surface area (Å²) in [5.41, 5.74) is 1.86. The fourth-order valence-corrected chi connectivity index (χ4v) is 3.52. The summed E-state index contributed by atoms with van der Waals surface area (Å²) < 4.78 is 1.83. The van der Waals surface area contributed by atoms with Crippen LogP contribution in [0.25, 0.3) is 5.65 Å². The number of carbonyl (C=O) groups excluding carboxylic acids is 1. The Morgan fingerprint density at radius 1 is 1.19 bits per heavy atom. The minimum atomic E-state index is -0.0326. The first-order chi connectivity index (χ1) is 12.7. The van der Waals surface area contributed by atoms with Crippen LogP contribution >= 0.6 is 11.6 Å². The first-order valence-electron chi connectivity index (χ1n) is 8.76. The molecule has 1 N–H and O–H groups in total. The number of amides is 1. The molecule has 0 bridgehead atoms. The van der Waals surface area contributed by atoms with Crippen molar-refractivity contribution < 1.29 is 4.79 Å². The van der Waals surface area contributed by atoms with E-state index in [0.29, 0.717) is 18.1 Å². The van der Waals surface area contributed by atoms with Crippen molar-refractivity contribution in [2.24, 2.45) is 5.92 Å². The van der Waals surface area contributed by atoms with Gasteiger partial charge in [0.05, 0.1) is 12.1 Å². The van der Waals surface area contributed by atoms with E-state index in [1.54, 1.807) is 12.4 Å². The fourth-order valence-electron chi connectivity index (χ4n) is 3.40. The highest BCUT2D eigenvalue weighted by molar-refractivity contribution is 6.30. The largest absolute Gasteiger partial charge is 0.356 e. The monoisotopic (exact) mass is 369 g/mol. The van der Waals surface area contributed by atoms with Crippen LogP contribution < -0.4 is 10.2 Å². The lowest BCUT2D eigenvalue weighted by Gasteiger charge is -2.33. The lowest BCUT2D eigenvalue weighted by molar-refractivity contribution is -0.125. The van der Waals surface area contributed by atoms with E-state index in [1.165, 1.54) is 0 Å². The number of nitrogens with zero attached hydrogens (tertiary/aromatic N) is 4. The smallest absolute Gasteiger partial charge is 0.225 e. The molecule has 1 aliphatic heterocycles. The normalized spacial score (nSPS) is 17.4. The lowest BCUT2D eigenvalue weighted by atomic mass is 9.97. The van der Waals surface area contributed by atoms with Crippen molar-refractivity contribution >= 4 is 29.0 Å². The van der Waals surface area contributed by atoms with Gasteiger partial charge >= 0.3 is 0 Å². The molecule has 3 heterocycles. The summed E-state index contributed by atoms with van der Waals surface area (Å²) in [6.07, 6.45) is 5.41. The predicted octanol–water partition coefficient (Wildman–Crippen LogP) is 2.92. The zero-order valence-electron chi connectivity index (χ0n) is 14.3. The van der Waals surface area contributed by atoms with Crippen LogP contribution in [0.4, 0.5) is 5.82 Å². The van der Waals surface area contributed by atoms with Crippen molar-refractivity contribution in [2.45, 2.75) is 19.4 Å². The van der Waals surface area contributed by atoms with E-state index >= 15 is 0 Å². The van der Waals surface area contributed by atoms with Crippen molar-refractivity contribution in [2.75, 3.05) is 18.0 Å². The van der Waals surface area contributed by atoms with Gasteiger partial charge in [-0.05, 0) is 36.6 Å². The molecule has 1 atom stereocenters. The van der Waals surface area contributed by atoms with Crippen LogP contribution in [-0.2, 0) is 11.3 Å². The molecule has 1 amide bonds. The van der Waals surface area contributed by atoms with Gasteiger partial charge < -0.3 is 10.2 Å². The maximum Gasteiger partial charge on any atom is 0.225 e. The summed E-state index contributed by atoms with van der Waals surface area (Å²) >= 11 is 5.90. The lowest BCUT2D eigenvalue weighted by Crippen LogP contribution is -2.43. The molecule has 1 aliphatic rings. The first kappa shape index (κ1) is 16.8. The van der Waals surface area contributed by atoms with Gasteiger partial charge in [-0.1, -0.05) is 23.7 Å². The molecule has 6 nitrogen and oxygen atoms in total. The number of piperidine rings is 1. The van der Waals surface area contributed by atoms with Crippen LogP contribution in [0.1, 0.15) is 18.4 Å². The van der Waals surface area contributed by atoms with Crippen molar-refractivity contribution in [3.05, 3.63) is 59.4 Å². The minimum Gasteiger partial charge on any atom is -0.356 e. The zero-order chi connectivity index (χ0) is 17.9. The SMILES string of the molecule is O=C(NCc1ccc(Cl)cc1)C1CCCN(c2ccnc3ccnn23)C1. The Hall–Kier alpha value is -2.60. The molecule has 4 rings (SSSR count). The van der Waals surface area contributed by atoms with Crippen LogP contribution in [0.2, 0.25) is 5.02 Å². The van der Waals surface area contributed by atoms with Crippen LogP contribution in [0, 0.1) is 5.92 Å². The Morgan fingerprint density at radius 3 is 2.88 bits per heavy atom. The fraction of sp³-hybridized carbons (Fsp3) is 0.316. The van der Waals surface area contributed by atoms with Gasteiger partial charge in [-0.25, -0.2) is 4.98 Å². The number of hydrogen-bond acceptors (Lipinski definition) is 4. The van der Waals surface area contributed by atoms with Gasteiger partial charge in [0.15, 0.2) is 5.65 Å². The van der Waals surface area contributed by atoms with Crippen molar-refractivity contribution in [3.8, 4) is 0 Å². The number of halogens is 1. The molecule has 2 aromatic heterocycles. The predicted molar refractivity (Wildman–Crippen MR) is 101 cm³/mol. The van der Waals surface area contributed by atoms with Crippen molar-refractivity contribution in [1.82, 2.24) is 19.9 Å². The Labute approximate surface area is 156 Å². The molecule has 134 valence electrons. The number of hydrogen-bond donors (Lipinski definition) is 1. The summed E-state index contributed by atoms with van der Waals surface area (Å²) in [4.78, 5) is 19.2. The molecule has 0 spiro atoms. The van der Waals surface area contributed by atoms with E-state index in [4.69, 9.17) is 11.6 Å². The molecule has 1 fully saturated rings. The standard InChI is InChI=1S/C19H20ClN5O/c20-16-5-3-14(4-6-16)12-22-19(26)15-2-1-11-24(13-15)18-8-9-21-17-7-10-23-25(17)18/h3-10,15H,1-2,11-13H2,(H,22,26). The second-order valence-electron chi connectivity index (χ2n) is 6.53. The third-order valence-electron chi connectivity index (χ3n) is 4.77. The zero-order valence-corrected chi connectivity index (χ0v) is 15.1. The van der Waals surface area contributed by atoms with Gasteiger partial charge in [0.1, 0.15) is 5.82 Å². The molecule has 1 unspecified atom stereocenters. The Kier molecular flexibility index (Phi) is 4.75. The molecule has 1 saturated heterocycles. The number of anilines is 1. The van der Waals surface area contributed by atoms with Crippen LogP contribution in [0.5, 0.6) is 0 Å². The average molecular weight is 370 g/mol. The van der Waals surface area contributed by atoms with Crippen LogP contribution in [-0.4, -0.2) is 33.6 Å². The first-order valence-corrected chi connectivity index (χ1v) is 9.14. The molecular formula is C19H20ClN5O. The topological polar surface area (TPSA) is 62.5 Å². The van der Waals surface area contributed by atoms with E-state index in [9.17, 15) is 4.79 Å². The maximum atomic E-state index is 12.6. The summed E-state index contributed by atoms with van der Waals surface area (Å²) in [7, 11) is 0. The molecule has 0 radical (unpaired) electrons. The van der Waals surface area contributed by atoms with Crippen molar-refractivity contribution in [1.29, 1.82) is 0 Å². The number of nitrogens with one attached hydrogen (secondary N) is 1. The maximum absolute atomic E-state index is 12.6. The number of fused-ring (bicyclic) bond motifs is 1. The third-order valence-corrected chi connectivity index (χ3v) is 5.02. The van der Waals surface area contributed by atoms with E-state index in [0.717, 1.165) is 36.4 Å². The molecule has 0 aliphatic carbocycles. The Balaban J connectivity index is 1.42. The molecular weight excluding hydrogens is 350 g/mol. The molecule has 3 aromatic rings. The molecule has 0 saturated carbocycles. The van der Waals surface area contributed by atoms with E-state index in [1.807, 2.05) is 40.9 Å². The van der Waals surface area contributed by atoms with Gasteiger partial charge in [0.25, 0.3) is 0 Å². The quantitative estimate of drug-likeness (QED) is 0.768. The number of benzene rings is 1. The third kappa shape index (κ3) is 3.51. The number of rotatable bonds is 4. The Bertz CT molecular complexity index is 908. The van der Waals surface area contributed by atoms with E-state index in [-0.39, 0.29) is 11.8 Å². The highest BCUT2D eigenvalue weighted by Gasteiger charge is 2.27. The van der Waals surface area contributed by atoms with Gasteiger partial charge in [-0.15, -0.1) is 0 Å². The van der Waals surface area contributed by atoms with E-state index < -0.39 is 0 Å². The van der Waals surface area contributed by atoms with Crippen LogP contribution in [0.15, 0.2) is 48.8 Å². The molecule has 1 aromatic carbocycles. The highest BCUT2D eigenvalue weighted by Crippen LogP contribution is 2.23. The van der Waals surface area contributed by atoms with Gasteiger partial charge in [-0.3, -0.25) is 4.79 Å². The number of aromatic nitrogens is 3. The average Bonchev–Trinajstić information content (AvgIpc) is 3.16. The van der Waals surface area contributed by atoms with Gasteiger partial charge in [0, 0.05) is 36.9 Å². The molecule has 7 heteroatoms. The Morgan fingerprint density at radius 2 is 2.04 bits per heavy atom. The minimum absolute atomic E-state index is 0.0326. The van der Waals surface area contributed by atoms with Crippen molar-refractivity contribution in [3.63, 3.8) is 0 Å². The van der Waals surface area contributed by atoms with E-state index in [2.05, 4.69) is 20.3 Å².